The van der Waals surface area contributed by atoms with Gasteiger partial charge < -0.3 is 10.2 Å². The van der Waals surface area contributed by atoms with Crippen LogP contribution in [0.2, 0.25) is 5.02 Å². The number of carbonyl (C=O) groups is 2. The first-order valence-electron chi connectivity index (χ1n) is 11.4. The van der Waals surface area contributed by atoms with Crippen LogP contribution in [0, 0.1) is 5.92 Å². The highest BCUT2D eigenvalue weighted by Crippen LogP contribution is 2.26. The van der Waals surface area contributed by atoms with Gasteiger partial charge in [-0.15, -0.1) is 0 Å². The molecule has 0 saturated carbocycles. The summed E-state index contributed by atoms with van der Waals surface area (Å²) < 4.78 is 4.11. The third-order valence-corrected chi connectivity index (χ3v) is 6.93. The Hall–Kier alpha value is -3.50. The summed E-state index contributed by atoms with van der Waals surface area (Å²) in [7, 11) is 0. The van der Waals surface area contributed by atoms with Gasteiger partial charge >= 0.3 is 0 Å². The predicted molar refractivity (Wildman–Crippen MR) is 140 cm³/mol. The number of nitrogens with zero attached hydrogens (tertiary/aromatic N) is 5. The highest BCUT2D eigenvalue weighted by atomic mass is 79.9. The summed E-state index contributed by atoms with van der Waals surface area (Å²) in [5, 5.41) is 8.17. The van der Waals surface area contributed by atoms with Crippen molar-refractivity contribution in [1.82, 2.24) is 24.6 Å². The number of amides is 2. The van der Waals surface area contributed by atoms with Crippen molar-refractivity contribution in [3.05, 3.63) is 86.5 Å². The van der Waals surface area contributed by atoms with Crippen LogP contribution >= 0.6 is 27.5 Å². The van der Waals surface area contributed by atoms with E-state index in [1.165, 1.54) is 12.5 Å². The molecule has 184 valence electrons. The third kappa shape index (κ3) is 5.05. The van der Waals surface area contributed by atoms with E-state index in [1.54, 1.807) is 38.4 Å². The smallest absolute Gasteiger partial charge is 0.264 e. The molecule has 0 spiro atoms. The summed E-state index contributed by atoms with van der Waals surface area (Å²) in [6.07, 6.45) is 3.17. The van der Waals surface area contributed by atoms with Crippen LogP contribution in [0.25, 0.3) is 11.0 Å². The minimum Gasteiger partial charge on any atom is -0.354 e. The van der Waals surface area contributed by atoms with Crippen molar-refractivity contribution in [2.45, 2.75) is 19.5 Å². The fraction of sp³-hybridized carbons (Fsp3) is 0.240. The quantitative estimate of drug-likeness (QED) is 0.368. The zero-order valence-electron chi connectivity index (χ0n) is 19.1. The van der Waals surface area contributed by atoms with Crippen LogP contribution in [0.3, 0.4) is 0 Å². The van der Waals surface area contributed by atoms with Gasteiger partial charge in [-0.3, -0.25) is 19.0 Å². The van der Waals surface area contributed by atoms with Crippen molar-refractivity contribution < 1.29 is 9.59 Å². The molecule has 2 aromatic carbocycles. The minimum absolute atomic E-state index is 0.0980. The predicted octanol–water partition coefficient (Wildman–Crippen LogP) is 3.23. The van der Waals surface area contributed by atoms with Gasteiger partial charge in [-0.05, 0) is 42.0 Å². The van der Waals surface area contributed by atoms with Crippen LogP contribution in [-0.4, -0.2) is 44.2 Å². The lowest BCUT2D eigenvalue weighted by molar-refractivity contribution is -0.126. The highest BCUT2D eigenvalue weighted by molar-refractivity contribution is 9.10. The van der Waals surface area contributed by atoms with Crippen molar-refractivity contribution in [3.8, 4) is 0 Å². The molecule has 1 unspecified atom stereocenters. The van der Waals surface area contributed by atoms with Gasteiger partial charge in [0.1, 0.15) is 11.7 Å². The standard InChI is InChI=1S/C25H22BrClN6O3/c26-18-3-1-16(2-4-18)13-31-15-29-23-21(25(31)36)12-30-33(23)10-9-28-24(35)17-11-22(34)32(14-17)20-7-5-19(27)6-8-20/h1-8,12,15,17H,9-11,13-14H2,(H,28,35). The Balaban J connectivity index is 1.19. The lowest BCUT2D eigenvalue weighted by Crippen LogP contribution is -2.35. The van der Waals surface area contributed by atoms with Crippen molar-refractivity contribution >= 4 is 56.1 Å². The molecule has 9 nitrogen and oxygen atoms in total. The molecule has 11 heteroatoms. The van der Waals surface area contributed by atoms with Gasteiger partial charge in [0, 0.05) is 34.7 Å². The molecule has 36 heavy (non-hydrogen) atoms. The van der Waals surface area contributed by atoms with Gasteiger partial charge in [-0.1, -0.05) is 39.7 Å². The van der Waals surface area contributed by atoms with Gasteiger partial charge in [0.2, 0.25) is 11.8 Å². The largest absolute Gasteiger partial charge is 0.354 e. The molecule has 1 saturated heterocycles. The molecule has 0 aliphatic carbocycles. The molecule has 1 fully saturated rings. The molecule has 1 atom stereocenters. The summed E-state index contributed by atoms with van der Waals surface area (Å²) in [6, 6.07) is 14.7. The van der Waals surface area contributed by atoms with Crippen LogP contribution in [-0.2, 0) is 22.7 Å². The Kier molecular flexibility index (Phi) is 6.88. The summed E-state index contributed by atoms with van der Waals surface area (Å²) in [5.74, 6) is -0.730. The normalized spacial score (nSPS) is 15.6. The van der Waals surface area contributed by atoms with Gasteiger partial charge in [-0.2, -0.15) is 5.10 Å². The van der Waals surface area contributed by atoms with E-state index in [9.17, 15) is 14.4 Å². The molecule has 0 radical (unpaired) electrons. The number of benzene rings is 2. The number of anilines is 1. The van der Waals surface area contributed by atoms with E-state index in [-0.39, 0.29) is 23.8 Å². The molecular weight excluding hydrogens is 548 g/mol. The van der Waals surface area contributed by atoms with Crippen LogP contribution < -0.4 is 15.8 Å². The van der Waals surface area contributed by atoms with Gasteiger partial charge in [0.05, 0.1) is 25.2 Å². The summed E-state index contributed by atoms with van der Waals surface area (Å²) in [4.78, 5) is 44.1. The number of aromatic nitrogens is 4. The third-order valence-electron chi connectivity index (χ3n) is 6.15. The first kappa shape index (κ1) is 24.2. The maximum absolute atomic E-state index is 12.9. The molecule has 2 aromatic heterocycles. The molecule has 2 amide bonds. The molecular formula is C25H22BrClN6O3. The number of rotatable bonds is 7. The first-order valence-corrected chi connectivity index (χ1v) is 12.5. The number of nitrogens with one attached hydrogen (secondary N) is 1. The fourth-order valence-electron chi connectivity index (χ4n) is 4.24. The Bertz CT molecular complexity index is 1480. The van der Waals surface area contributed by atoms with Crippen molar-refractivity contribution in [2.75, 3.05) is 18.0 Å². The fourth-order valence-corrected chi connectivity index (χ4v) is 4.63. The van der Waals surface area contributed by atoms with Crippen LogP contribution in [0.4, 0.5) is 5.69 Å². The zero-order chi connectivity index (χ0) is 25.2. The van der Waals surface area contributed by atoms with Crippen LogP contribution in [0.1, 0.15) is 12.0 Å². The lowest BCUT2D eigenvalue weighted by atomic mass is 10.1. The van der Waals surface area contributed by atoms with E-state index < -0.39 is 5.92 Å². The van der Waals surface area contributed by atoms with Crippen molar-refractivity contribution in [1.29, 1.82) is 0 Å². The SMILES string of the molecule is O=C(NCCn1ncc2c(=O)n(Cc3ccc(Br)cc3)cnc21)C1CC(=O)N(c2ccc(Cl)cc2)C1. The number of carbonyl (C=O) groups excluding carboxylic acids is 2. The lowest BCUT2D eigenvalue weighted by Gasteiger charge is -2.16. The minimum atomic E-state index is -0.438. The van der Waals surface area contributed by atoms with Gasteiger partial charge in [0.15, 0.2) is 5.65 Å². The average molecular weight is 570 g/mol. The molecule has 1 aliphatic heterocycles. The average Bonchev–Trinajstić information content (AvgIpc) is 3.47. The number of hydrogen-bond acceptors (Lipinski definition) is 5. The second-order valence-electron chi connectivity index (χ2n) is 8.58. The van der Waals surface area contributed by atoms with Crippen LogP contribution in [0.5, 0.6) is 0 Å². The van der Waals surface area contributed by atoms with Crippen molar-refractivity contribution in [3.63, 3.8) is 0 Å². The van der Waals surface area contributed by atoms with E-state index in [4.69, 9.17) is 11.6 Å². The summed E-state index contributed by atoms with van der Waals surface area (Å²) >= 11 is 9.33. The van der Waals surface area contributed by atoms with E-state index >= 15 is 0 Å². The van der Waals surface area contributed by atoms with E-state index in [2.05, 4.69) is 31.3 Å². The topological polar surface area (TPSA) is 102 Å². The Morgan fingerprint density at radius 1 is 1.11 bits per heavy atom. The molecule has 1 N–H and O–H groups in total. The monoisotopic (exact) mass is 568 g/mol. The molecule has 3 heterocycles. The Morgan fingerprint density at radius 2 is 1.86 bits per heavy atom. The number of hydrogen-bond donors (Lipinski definition) is 1. The second-order valence-corrected chi connectivity index (χ2v) is 9.93. The molecule has 5 rings (SSSR count). The zero-order valence-corrected chi connectivity index (χ0v) is 21.4. The van der Waals surface area contributed by atoms with Gasteiger partial charge in [-0.25, -0.2) is 9.67 Å². The van der Waals surface area contributed by atoms with Gasteiger partial charge in [0.25, 0.3) is 5.56 Å². The molecule has 1 aliphatic rings. The number of halogens is 2. The maximum atomic E-state index is 12.9. The summed E-state index contributed by atoms with van der Waals surface area (Å²) in [6.45, 7) is 1.37. The molecule has 4 aromatic rings. The first-order chi connectivity index (χ1) is 17.4. The highest BCUT2D eigenvalue weighted by Gasteiger charge is 2.35. The van der Waals surface area contributed by atoms with Crippen LogP contribution in [0.15, 0.2) is 70.3 Å². The second kappa shape index (κ2) is 10.2. The van der Waals surface area contributed by atoms with E-state index in [0.29, 0.717) is 42.2 Å². The number of fused-ring (bicyclic) bond motifs is 1. The Labute approximate surface area is 219 Å². The maximum Gasteiger partial charge on any atom is 0.264 e. The Morgan fingerprint density at radius 3 is 2.61 bits per heavy atom. The van der Waals surface area contributed by atoms with E-state index in [0.717, 1.165) is 15.7 Å². The van der Waals surface area contributed by atoms with E-state index in [1.807, 2.05) is 24.3 Å². The van der Waals surface area contributed by atoms with Crippen molar-refractivity contribution in [2.24, 2.45) is 5.92 Å². The molecule has 0 bridgehead atoms. The summed E-state index contributed by atoms with van der Waals surface area (Å²) in [5.41, 5.74) is 1.99.